The third-order valence-electron chi connectivity index (χ3n) is 9.72. The number of alkyl carbamates (subject to hydrolysis) is 1. The van der Waals surface area contributed by atoms with E-state index in [-0.39, 0.29) is 35.7 Å². The third-order valence-corrected chi connectivity index (χ3v) is 13.5. The highest BCUT2D eigenvalue weighted by Gasteiger charge is 2.62. The van der Waals surface area contributed by atoms with E-state index in [2.05, 4.69) is 20.7 Å². The Bertz CT molecular complexity index is 1920. The van der Waals surface area contributed by atoms with Crippen molar-refractivity contribution in [2.24, 2.45) is 5.92 Å². The summed E-state index contributed by atoms with van der Waals surface area (Å²) in [5.41, 5.74) is -2.37. The standard InChI is InChI=1S/C35H43Cl2N5O8S2/c1-34(2,3)50-33(47)39-23-12-8-6-4-5-7-10-19-17-35(19,32(46)41-52(48,49)21-14-15-21)40-29(43)24-16-20(18-42(24)31(23)45)38-30(44)28-27(37)26-22(36)11-9-13-25(26)51-28/h7,9-11,13,19-21,23-24H,4-6,8,12,14-18H2,1-3H3,(H,38,44)(H,39,47)(H,40,43)(H,41,46)/t19-,20-,23-,24+,35-/m1/s1. The van der Waals surface area contributed by atoms with Gasteiger partial charge in [0.25, 0.3) is 11.8 Å². The first kappa shape index (κ1) is 38.3. The maximum absolute atomic E-state index is 14.4. The van der Waals surface area contributed by atoms with Crippen molar-refractivity contribution in [3.63, 3.8) is 0 Å². The van der Waals surface area contributed by atoms with Gasteiger partial charge in [-0.1, -0.05) is 54.3 Å². The minimum Gasteiger partial charge on any atom is -0.444 e. The minimum absolute atomic E-state index is 0.0235. The molecule has 13 nitrogen and oxygen atoms in total. The van der Waals surface area contributed by atoms with E-state index in [1.807, 2.05) is 12.2 Å². The normalized spacial score (nSPS) is 27.1. The lowest BCUT2D eigenvalue weighted by molar-refractivity contribution is -0.141. The number of carbonyl (C=O) groups is 5. The Labute approximate surface area is 316 Å². The molecule has 0 unspecified atom stereocenters. The zero-order valence-corrected chi connectivity index (χ0v) is 32.3. The average molecular weight is 797 g/mol. The Kier molecular flexibility index (Phi) is 10.9. The number of hydrogen-bond acceptors (Lipinski definition) is 9. The van der Waals surface area contributed by atoms with E-state index in [4.69, 9.17) is 27.9 Å². The van der Waals surface area contributed by atoms with Gasteiger partial charge in [0.05, 0.1) is 15.3 Å². The molecule has 0 spiro atoms. The van der Waals surface area contributed by atoms with Gasteiger partial charge in [-0.15, -0.1) is 11.3 Å². The summed E-state index contributed by atoms with van der Waals surface area (Å²) in [7, 11) is -3.91. The molecule has 17 heteroatoms. The van der Waals surface area contributed by atoms with Crippen LogP contribution in [0.4, 0.5) is 4.79 Å². The van der Waals surface area contributed by atoms with E-state index in [1.54, 1.807) is 39.0 Å². The Morgan fingerprint density at radius 2 is 1.81 bits per heavy atom. The smallest absolute Gasteiger partial charge is 0.408 e. The predicted molar refractivity (Wildman–Crippen MR) is 198 cm³/mol. The van der Waals surface area contributed by atoms with Crippen LogP contribution in [0.1, 0.15) is 88.2 Å². The maximum atomic E-state index is 14.4. The van der Waals surface area contributed by atoms with Crippen molar-refractivity contribution in [1.82, 2.24) is 25.6 Å². The lowest BCUT2D eigenvalue weighted by Gasteiger charge is -2.30. The van der Waals surface area contributed by atoms with Crippen LogP contribution >= 0.6 is 34.5 Å². The van der Waals surface area contributed by atoms with E-state index >= 15 is 0 Å². The summed E-state index contributed by atoms with van der Waals surface area (Å²) < 4.78 is 33.9. The number of sulfonamides is 1. The van der Waals surface area contributed by atoms with Crippen molar-refractivity contribution >= 4 is 84.4 Å². The lowest BCUT2D eigenvalue weighted by atomic mass is 10.0. The van der Waals surface area contributed by atoms with Gasteiger partial charge in [-0.3, -0.25) is 23.9 Å². The van der Waals surface area contributed by atoms with Crippen LogP contribution in [-0.4, -0.2) is 84.1 Å². The van der Waals surface area contributed by atoms with Gasteiger partial charge in [-0.05, 0) is 77.8 Å². The highest BCUT2D eigenvalue weighted by Crippen LogP contribution is 2.46. The van der Waals surface area contributed by atoms with E-state index in [9.17, 15) is 32.4 Å². The molecule has 2 aliphatic carbocycles. The number of thiophene rings is 1. The van der Waals surface area contributed by atoms with Crippen molar-refractivity contribution in [2.75, 3.05) is 6.54 Å². The second-order valence-corrected chi connectivity index (χ2v) is 18.8. The summed E-state index contributed by atoms with van der Waals surface area (Å²) in [5, 5.41) is 8.91. The molecule has 4 N–H and O–H groups in total. The summed E-state index contributed by atoms with van der Waals surface area (Å²) >= 11 is 14.1. The zero-order chi connectivity index (χ0) is 37.6. The number of hydrogen-bond donors (Lipinski definition) is 4. The number of nitrogens with one attached hydrogen (secondary N) is 4. The number of fused-ring (bicyclic) bond motifs is 3. The highest BCUT2D eigenvalue weighted by atomic mass is 35.5. The molecule has 2 aliphatic heterocycles. The molecule has 0 bridgehead atoms. The van der Waals surface area contributed by atoms with Crippen molar-refractivity contribution in [1.29, 1.82) is 0 Å². The number of amides is 5. The number of benzene rings is 1. The van der Waals surface area contributed by atoms with Gasteiger partial charge in [0.15, 0.2) is 0 Å². The molecule has 1 aromatic heterocycles. The highest BCUT2D eigenvalue weighted by molar-refractivity contribution is 7.91. The van der Waals surface area contributed by atoms with Gasteiger partial charge in [0.2, 0.25) is 21.8 Å². The first-order valence-corrected chi connectivity index (χ1v) is 20.6. The molecule has 4 aliphatic rings. The summed E-state index contributed by atoms with van der Waals surface area (Å²) in [6, 6.07) is 2.28. The van der Waals surface area contributed by atoms with Gasteiger partial charge in [0, 0.05) is 28.6 Å². The van der Waals surface area contributed by atoms with Crippen molar-refractivity contribution < 1.29 is 37.1 Å². The van der Waals surface area contributed by atoms with Crippen molar-refractivity contribution in [2.45, 2.75) is 113 Å². The fourth-order valence-electron chi connectivity index (χ4n) is 6.82. The Hall–Kier alpha value is -3.40. The Balaban J connectivity index is 1.29. The molecule has 1 saturated heterocycles. The molecular formula is C35H43Cl2N5O8S2. The van der Waals surface area contributed by atoms with Gasteiger partial charge in [-0.2, -0.15) is 0 Å². The van der Waals surface area contributed by atoms with Gasteiger partial charge in [0.1, 0.15) is 28.1 Å². The summed E-state index contributed by atoms with van der Waals surface area (Å²) in [6.45, 7) is 5.03. The van der Waals surface area contributed by atoms with E-state index < -0.39 is 80.2 Å². The zero-order valence-electron chi connectivity index (χ0n) is 29.1. The van der Waals surface area contributed by atoms with Gasteiger partial charge in [-0.25, -0.2) is 13.2 Å². The second-order valence-electron chi connectivity index (χ2n) is 15.0. The molecule has 282 valence electrons. The maximum Gasteiger partial charge on any atom is 0.408 e. The first-order chi connectivity index (χ1) is 24.5. The van der Waals surface area contributed by atoms with Gasteiger partial charge < -0.3 is 25.6 Å². The van der Waals surface area contributed by atoms with Crippen LogP contribution in [0.2, 0.25) is 10.0 Å². The Morgan fingerprint density at radius 1 is 1.06 bits per heavy atom. The predicted octanol–water partition coefficient (Wildman–Crippen LogP) is 4.80. The summed E-state index contributed by atoms with van der Waals surface area (Å²) in [5.74, 6) is -3.03. The number of ether oxygens (including phenoxy) is 1. The molecule has 2 aromatic rings. The van der Waals surface area contributed by atoms with Crippen LogP contribution in [0.25, 0.3) is 10.1 Å². The molecule has 5 amide bonds. The van der Waals surface area contributed by atoms with Crippen LogP contribution in [0.5, 0.6) is 0 Å². The number of nitrogens with zero attached hydrogens (tertiary/aromatic N) is 1. The third kappa shape index (κ3) is 8.37. The molecule has 3 heterocycles. The largest absolute Gasteiger partial charge is 0.444 e. The SMILES string of the molecule is CC(C)(C)OC(=O)N[C@@H]1CCCCCC=C[C@@H]2C[C@@]2(C(=O)NS(=O)(=O)C2CC2)NC(=O)[C@@H]2C[C@@H](NC(=O)c3sc4cccc(Cl)c4c3Cl)CN2C1=O. The Morgan fingerprint density at radius 3 is 2.50 bits per heavy atom. The van der Waals surface area contributed by atoms with E-state index in [1.165, 1.54) is 4.90 Å². The fourth-order valence-corrected chi connectivity index (χ4v) is 10.0. The number of halogens is 2. The topological polar surface area (TPSA) is 180 Å². The van der Waals surface area contributed by atoms with E-state index in [0.29, 0.717) is 40.8 Å². The van der Waals surface area contributed by atoms with E-state index in [0.717, 1.165) is 24.2 Å². The summed E-state index contributed by atoms with van der Waals surface area (Å²) in [4.78, 5) is 70.3. The number of carbonyl (C=O) groups excluding carboxylic acids is 5. The number of allylic oxidation sites excluding steroid dienone is 1. The molecule has 5 atom stereocenters. The average Bonchev–Trinajstić information content (AvgIpc) is 3.95. The lowest BCUT2D eigenvalue weighted by Crippen LogP contribution is -2.58. The first-order valence-electron chi connectivity index (χ1n) is 17.5. The van der Waals surface area contributed by atoms with Crippen LogP contribution in [0.3, 0.4) is 0 Å². The molecular weight excluding hydrogens is 753 g/mol. The minimum atomic E-state index is -3.91. The van der Waals surface area contributed by atoms with Gasteiger partial charge >= 0.3 is 6.09 Å². The quantitative estimate of drug-likeness (QED) is 0.301. The summed E-state index contributed by atoms with van der Waals surface area (Å²) in [6.07, 6.45) is 7.06. The molecule has 6 rings (SSSR count). The second kappa shape index (κ2) is 14.8. The molecule has 0 radical (unpaired) electrons. The monoisotopic (exact) mass is 795 g/mol. The molecule has 1 aromatic carbocycles. The fraction of sp³-hybridized carbons (Fsp3) is 0.571. The van der Waals surface area contributed by atoms with Crippen LogP contribution in [0.15, 0.2) is 30.4 Å². The molecule has 3 fully saturated rings. The molecule has 2 saturated carbocycles. The molecule has 52 heavy (non-hydrogen) atoms. The number of rotatable bonds is 6. The van der Waals surface area contributed by atoms with Crippen LogP contribution in [0, 0.1) is 5.92 Å². The van der Waals surface area contributed by atoms with Crippen LogP contribution in [-0.2, 0) is 29.1 Å². The van der Waals surface area contributed by atoms with Crippen LogP contribution < -0.4 is 20.7 Å². The van der Waals surface area contributed by atoms with Crippen molar-refractivity contribution in [3.8, 4) is 0 Å². The van der Waals surface area contributed by atoms with Crippen molar-refractivity contribution in [3.05, 3.63) is 45.3 Å².